The van der Waals surface area contributed by atoms with Crippen LogP contribution in [-0.2, 0) is 6.54 Å². The maximum atomic E-state index is 10.3. The summed E-state index contributed by atoms with van der Waals surface area (Å²) in [7, 11) is 0. The van der Waals surface area contributed by atoms with Gasteiger partial charge in [-0.2, -0.15) is 4.57 Å². The van der Waals surface area contributed by atoms with E-state index in [1.807, 2.05) is 62.5 Å². The Labute approximate surface area is 119 Å². The molecule has 2 rings (SSSR count). The van der Waals surface area contributed by atoms with Gasteiger partial charge in [0.2, 0.25) is 0 Å². The van der Waals surface area contributed by atoms with Gasteiger partial charge in [-0.15, -0.1) is 0 Å². The second-order valence-corrected chi connectivity index (χ2v) is 4.37. The monoisotopic (exact) mass is 307 g/mol. The van der Waals surface area contributed by atoms with E-state index in [0.29, 0.717) is 6.54 Å². The van der Waals surface area contributed by atoms with E-state index in [4.69, 9.17) is 0 Å². The lowest BCUT2D eigenvalue weighted by atomic mass is 10.0. The SMILES string of the molecule is Cc1ccccc1C(O)C[n+]1ccccc1C.[Br-]. The van der Waals surface area contributed by atoms with E-state index in [-0.39, 0.29) is 17.0 Å². The van der Waals surface area contributed by atoms with Crippen molar-refractivity contribution in [2.45, 2.75) is 26.5 Å². The van der Waals surface area contributed by atoms with Crippen molar-refractivity contribution < 1.29 is 26.7 Å². The third-order valence-electron chi connectivity index (χ3n) is 3.08. The molecule has 1 atom stereocenters. The predicted molar refractivity (Wildman–Crippen MR) is 67.5 cm³/mol. The Morgan fingerprint density at radius 1 is 1.06 bits per heavy atom. The predicted octanol–water partition coefficient (Wildman–Crippen LogP) is -0.671. The van der Waals surface area contributed by atoms with E-state index in [1.165, 1.54) is 0 Å². The highest BCUT2D eigenvalue weighted by Crippen LogP contribution is 2.17. The number of benzene rings is 1. The summed E-state index contributed by atoms with van der Waals surface area (Å²) in [5.74, 6) is 0. The molecule has 18 heavy (non-hydrogen) atoms. The smallest absolute Gasteiger partial charge is 0.178 e. The summed E-state index contributed by atoms with van der Waals surface area (Å²) in [6.45, 7) is 4.67. The van der Waals surface area contributed by atoms with Crippen LogP contribution in [0.1, 0.15) is 22.9 Å². The average Bonchev–Trinajstić information content (AvgIpc) is 2.32. The van der Waals surface area contributed by atoms with E-state index in [1.54, 1.807) is 0 Å². The van der Waals surface area contributed by atoms with Crippen LogP contribution in [0.15, 0.2) is 48.7 Å². The van der Waals surface area contributed by atoms with Crippen molar-refractivity contribution in [3.63, 3.8) is 0 Å². The van der Waals surface area contributed by atoms with Crippen molar-refractivity contribution in [3.05, 3.63) is 65.5 Å². The van der Waals surface area contributed by atoms with Gasteiger partial charge in [0.05, 0.1) is 0 Å². The van der Waals surface area contributed by atoms with E-state index >= 15 is 0 Å². The Morgan fingerprint density at radius 2 is 1.72 bits per heavy atom. The second kappa shape index (κ2) is 6.66. The van der Waals surface area contributed by atoms with Gasteiger partial charge in [0.25, 0.3) is 0 Å². The Hall–Kier alpha value is -1.19. The van der Waals surface area contributed by atoms with E-state index in [0.717, 1.165) is 16.8 Å². The first-order chi connectivity index (χ1) is 8.18. The van der Waals surface area contributed by atoms with Crippen LogP contribution in [0, 0.1) is 13.8 Å². The number of nitrogens with zero attached hydrogens (tertiary/aromatic N) is 1. The minimum Gasteiger partial charge on any atom is -1.00 e. The second-order valence-electron chi connectivity index (χ2n) is 4.37. The average molecular weight is 308 g/mol. The van der Waals surface area contributed by atoms with Crippen molar-refractivity contribution >= 4 is 0 Å². The van der Waals surface area contributed by atoms with Gasteiger partial charge in [-0.1, -0.05) is 30.3 Å². The molecule has 2 nitrogen and oxygen atoms in total. The van der Waals surface area contributed by atoms with Crippen molar-refractivity contribution in [3.8, 4) is 0 Å². The van der Waals surface area contributed by atoms with Crippen molar-refractivity contribution in [2.75, 3.05) is 0 Å². The summed E-state index contributed by atoms with van der Waals surface area (Å²) in [4.78, 5) is 0. The van der Waals surface area contributed by atoms with Crippen LogP contribution in [0.5, 0.6) is 0 Å². The summed E-state index contributed by atoms with van der Waals surface area (Å²) in [5.41, 5.74) is 3.29. The van der Waals surface area contributed by atoms with Crippen LogP contribution < -0.4 is 21.5 Å². The molecule has 1 heterocycles. The summed E-state index contributed by atoms with van der Waals surface area (Å²) in [6, 6.07) is 14.0. The zero-order valence-corrected chi connectivity index (χ0v) is 12.3. The van der Waals surface area contributed by atoms with Crippen LogP contribution in [0.3, 0.4) is 0 Å². The van der Waals surface area contributed by atoms with Crippen molar-refractivity contribution in [1.29, 1.82) is 0 Å². The molecule has 0 aliphatic heterocycles. The lowest BCUT2D eigenvalue weighted by molar-refractivity contribution is -0.710. The number of aliphatic hydroxyl groups excluding tert-OH is 1. The van der Waals surface area contributed by atoms with Gasteiger partial charge in [-0.05, 0) is 18.1 Å². The van der Waals surface area contributed by atoms with Gasteiger partial charge in [0.1, 0.15) is 6.10 Å². The highest BCUT2D eigenvalue weighted by atomic mass is 79.9. The van der Waals surface area contributed by atoms with Gasteiger partial charge in [-0.3, -0.25) is 0 Å². The number of aryl methyl sites for hydroxylation is 2. The summed E-state index contributed by atoms with van der Waals surface area (Å²) < 4.78 is 2.07. The fraction of sp³-hybridized carbons (Fsp3) is 0.267. The fourth-order valence-electron chi connectivity index (χ4n) is 2.01. The van der Waals surface area contributed by atoms with Crippen LogP contribution in [0.4, 0.5) is 0 Å². The molecule has 1 aromatic carbocycles. The zero-order valence-electron chi connectivity index (χ0n) is 10.7. The highest BCUT2D eigenvalue weighted by Gasteiger charge is 2.16. The minimum absolute atomic E-state index is 0. The van der Waals surface area contributed by atoms with Crippen LogP contribution in [0.2, 0.25) is 0 Å². The van der Waals surface area contributed by atoms with Crippen molar-refractivity contribution in [2.24, 2.45) is 0 Å². The third-order valence-corrected chi connectivity index (χ3v) is 3.08. The molecule has 0 radical (unpaired) electrons. The first-order valence-electron chi connectivity index (χ1n) is 5.87. The lowest BCUT2D eigenvalue weighted by Gasteiger charge is -2.11. The lowest BCUT2D eigenvalue weighted by Crippen LogP contribution is -3.00. The number of aliphatic hydroxyl groups is 1. The quantitative estimate of drug-likeness (QED) is 0.747. The molecular weight excluding hydrogens is 290 g/mol. The molecule has 2 aromatic rings. The van der Waals surface area contributed by atoms with Crippen LogP contribution in [0.25, 0.3) is 0 Å². The molecule has 1 N–H and O–H groups in total. The summed E-state index contributed by atoms with van der Waals surface area (Å²) >= 11 is 0. The molecule has 0 bridgehead atoms. The number of halogens is 1. The van der Waals surface area contributed by atoms with Gasteiger partial charge in [0.15, 0.2) is 18.4 Å². The molecule has 96 valence electrons. The molecular formula is C15H18BrNO. The molecule has 0 amide bonds. The van der Waals surface area contributed by atoms with E-state index in [9.17, 15) is 5.11 Å². The number of aromatic nitrogens is 1. The van der Waals surface area contributed by atoms with Crippen LogP contribution >= 0.6 is 0 Å². The Balaban J connectivity index is 0.00000162. The fourth-order valence-corrected chi connectivity index (χ4v) is 2.01. The summed E-state index contributed by atoms with van der Waals surface area (Å²) in [5, 5.41) is 10.3. The molecule has 3 heteroatoms. The minimum atomic E-state index is -0.456. The zero-order chi connectivity index (χ0) is 12.3. The molecule has 0 aliphatic carbocycles. The van der Waals surface area contributed by atoms with Crippen LogP contribution in [-0.4, -0.2) is 5.11 Å². The van der Waals surface area contributed by atoms with Crippen molar-refractivity contribution in [1.82, 2.24) is 0 Å². The van der Waals surface area contributed by atoms with Gasteiger partial charge >= 0.3 is 0 Å². The molecule has 0 fully saturated rings. The number of rotatable bonds is 3. The number of pyridine rings is 1. The van der Waals surface area contributed by atoms with Gasteiger partial charge in [-0.25, -0.2) is 0 Å². The largest absolute Gasteiger partial charge is 1.00 e. The maximum Gasteiger partial charge on any atom is 0.178 e. The highest BCUT2D eigenvalue weighted by molar-refractivity contribution is 5.27. The number of hydrogen-bond donors (Lipinski definition) is 1. The van der Waals surface area contributed by atoms with Gasteiger partial charge in [0, 0.05) is 19.1 Å². The molecule has 1 unspecified atom stereocenters. The van der Waals surface area contributed by atoms with Gasteiger partial charge < -0.3 is 22.1 Å². The number of hydrogen-bond acceptors (Lipinski definition) is 1. The maximum absolute atomic E-state index is 10.3. The third kappa shape index (κ3) is 3.40. The normalized spacial score (nSPS) is 11.7. The molecule has 0 saturated heterocycles. The Bertz CT molecular complexity index is 513. The first-order valence-corrected chi connectivity index (χ1v) is 5.87. The molecule has 0 saturated carbocycles. The molecule has 0 aliphatic rings. The topological polar surface area (TPSA) is 24.1 Å². The molecule has 1 aromatic heterocycles. The van der Waals surface area contributed by atoms with E-state index in [2.05, 4.69) is 4.57 Å². The summed E-state index contributed by atoms with van der Waals surface area (Å²) in [6.07, 6.45) is 1.54. The first kappa shape index (κ1) is 14.9. The Kier molecular flexibility index (Phi) is 5.51. The Morgan fingerprint density at radius 3 is 2.39 bits per heavy atom. The molecule has 0 spiro atoms. The standard InChI is InChI=1S/C15H18NO.BrH/c1-12-7-3-4-9-14(12)15(17)11-16-10-6-5-8-13(16)2;/h3-10,15,17H,11H2,1-2H3;1H/q+1;/p-1. The van der Waals surface area contributed by atoms with E-state index < -0.39 is 6.10 Å².